The summed E-state index contributed by atoms with van der Waals surface area (Å²) in [6.45, 7) is 0.880. The molecule has 100 valence electrons. The number of sulfonamides is 1. The van der Waals surface area contributed by atoms with Crippen molar-refractivity contribution >= 4 is 15.8 Å². The lowest BCUT2D eigenvalue weighted by Crippen LogP contribution is -2.29. The fourth-order valence-corrected chi connectivity index (χ4v) is 3.57. The molecule has 2 N–H and O–H groups in total. The van der Waals surface area contributed by atoms with Gasteiger partial charge in [-0.15, -0.1) is 0 Å². The Hall–Kier alpha value is -1.18. The average molecular weight is 271 g/mol. The third kappa shape index (κ3) is 2.47. The Labute approximate surface area is 107 Å². The molecule has 6 nitrogen and oxygen atoms in total. The Bertz CT molecular complexity index is 518. The first-order valence-electron chi connectivity index (χ1n) is 5.82. The second kappa shape index (κ2) is 5.21. The first-order chi connectivity index (χ1) is 8.57. The van der Waals surface area contributed by atoms with Crippen LogP contribution in [-0.4, -0.2) is 49.6 Å². The molecule has 2 rings (SSSR count). The number of rotatable bonds is 4. The molecule has 1 aliphatic heterocycles. The van der Waals surface area contributed by atoms with E-state index < -0.39 is 10.0 Å². The zero-order valence-electron chi connectivity index (χ0n) is 10.2. The molecular formula is C11H17N3O3S. The van der Waals surface area contributed by atoms with E-state index in [1.165, 1.54) is 22.6 Å². The van der Waals surface area contributed by atoms with Crippen molar-refractivity contribution in [1.29, 1.82) is 0 Å². The maximum atomic E-state index is 12.4. The largest absolute Gasteiger partial charge is 0.396 e. The quantitative estimate of drug-likeness (QED) is 0.813. The summed E-state index contributed by atoms with van der Waals surface area (Å²) in [5.41, 5.74) is 0. The lowest BCUT2D eigenvalue weighted by atomic mass is 10.1. The lowest BCUT2D eigenvalue weighted by Gasteiger charge is -2.16. The number of aromatic nitrogens is 1. The van der Waals surface area contributed by atoms with Crippen molar-refractivity contribution in [2.75, 3.05) is 32.1 Å². The summed E-state index contributed by atoms with van der Waals surface area (Å²) in [6.07, 6.45) is 2.18. The first-order valence-corrected chi connectivity index (χ1v) is 7.26. The highest BCUT2D eigenvalue weighted by Crippen LogP contribution is 2.24. The van der Waals surface area contributed by atoms with Crippen LogP contribution < -0.4 is 5.32 Å². The molecule has 0 radical (unpaired) electrons. The molecule has 0 aliphatic carbocycles. The van der Waals surface area contributed by atoms with E-state index in [1.54, 1.807) is 7.05 Å². The summed E-state index contributed by atoms with van der Waals surface area (Å²) in [5, 5.41) is 11.9. The van der Waals surface area contributed by atoms with Crippen molar-refractivity contribution in [1.82, 2.24) is 9.29 Å². The SMILES string of the molecule is CNc1cc(S(=O)(=O)N2CCC(CO)C2)ccn1. The molecule has 1 unspecified atom stereocenters. The molecule has 1 aromatic rings. The van der Waals surface area contributed by atoms with E-state index in [0.29, 0.717) is 25.3 Å². The van der Waals surface area contributed by atoms with Crippen LogP contribution in [0.4, 0.5) is 5.82 Å². The second-order valence-electron chi connectivity index (χ2n) is 4.33. The van der Waals surface area contributed by atoms with E-state index >= 15 is 0 Å². The maximum absolute atomic E-state index is 12.4. The third-order valence-electron chi connectivity index (χ3n) is 3.13. The van der Waals surface area contributed by atoms with E-state index in [-0.39, 0.29) is 17.4 Å². The number of nitrogens with zero attached hydrogens (tertiary/aromatic N) is 2. The van der Waals surface area contributed by atoms with Gasteiger partial charge in [-0.3, -0.25) is 0 Å². The van der Waals surface area contributed by atoms with Crippen LogP contribution in [0.2, 0.25) is 0 Å². The zero-order chi connectivity index (χ0) is 13.2. The molecule has 1 atom stereocenters. The number of hydrogen-bond donors (Lipinski definition) is 2. The number of aliphatic hydroxyl groups excluding tert-OH is 1. The van der Waals surface area contributed by atoms with Crippen LogP contribution >= 0.6 is 0 Å². The van der Waals surface area contributed by atoms with Crippen LogP contribution in [0.3, 0.4) is 0 Å². The molecule has 2 heterocycles. The second-order valence-corrected chi connectivity index (χ2v) is 6.27. The van der Waals surface area contributed by atoms with Gasteiger partial charge in [0, 0.05) is 39.0 Å². The van der Waals surface area contributed by atoms with E-state index in [0.717, 1.165) is 0 Å². The molecule has 1 aromatic heterocycles. The normalized spacial score (nSPS) is 21.1. The number of anilines is 1. The summed E-state index contributed by atoms with van der Waals surface area (Å²) >= 11 is 0. The highest BCUT2D eigenvalue weighted by atomic mass is 32.2. The number of aliphatic hydroxyl groups is 1. The Kier molecular flexibility index (Phi) is 3.84. The molecule has 0 saturated carbocycles. The fraction of sp³-hybridized carbons (Fsp3) is 0.545. The Morgan fingerprint density at radius 2 is 2.39 bits per heavy atom. The number of pyridine rings is 1. The predicted octanol–water partition coefficient (Wildman–Crippen LogP) is 0.126. The van der Waals surface area contributed by atoms with Gasteiger partial charge in [-0.2, -0.15) is 4.31 Å². The van der Waals surface area contributed by atoms with Gasteiger partial charge in [0.1, 0.15) is 5.82 Å². The van der Waals surface area contributed by atoms with E-state index in [2.05, 4.69) is 10.3 Å². The molecule has 18 heavy (non-hydrogen) atoms. The average Bonchev–Trinajstić information content (AvgIpc) is 2.88. The standard InChI is InChI=1S/C11H17N3O3S/c1-12-11-6-10(2-4-13-11)18(16,17)14-5-3-9(7-14)8-15/h2,4,6,9,15H,3,5,7-8H2,1H3,(H,12,13). The van der Waals surface area contributed by atoms with Crippen LogP contribution in [0, 0.1) is 5.92 Å². The Morgan fingerprint density at radius 1 is 1.61 bits per heavy atom. The molecule has 7 heteroatoms. The van der Waals surface area contributed by atoms with E-state index in [1.807, 2.05) is 0 Å². The van der Waals surface area contributed by atoms with Crippen molar-refractivity contribution in [3.05, 3.63) is 18.3 Å². The molecule has 0 bridgehead atoms. The molecule has 0 aromatic carbocycles. The summed E-state index contributed by atoms with van der Waals surface area (Å²) < 4.78 is 26.1. The van der Waals surface area contributed by atoms with E-state index in [4.69, 9.17) is 5.11 Å². The summed E-state index contributed by atoms with van der Waals surface area (Å²) in [6, 6.07) is 3.00. The summed E-state index contributed by atoms with van der Waals surface area (Å²) in [5.74, 6) is 0.569. The van der Waals surface area contributed by atoms with Crippen molar-refractivity contribution in [2.24, 2.45) is 5.92 Å². The van der Waals surface area contributed by atoms with Gasteiger partial charge in [-0.05, 0) is 18.4 Å². The highest BCUT2D eigenvalue weighted by molar-refractivity contribution is 7.89. The molecular weight excluding hydrogens is 254 g/mol. The minimum atomic E-state index is -3.47. The van der Waals surface area contributed by atoms with E-state index in [9.17, 15) is 8.42 Å². The molecule has 1 fully saturated rings. The van der Waals surface area contributed by atoms with Gasteiger partial charge in [0.2, 0.25) is 10.0 Å². The Morgan fingerprint density at radius 3 is 3.00 bits per heavy atom. The molecule has 0 spiro atoms. The minimum Gasteiger partial charge on any atom is -0.396 e. The van der Waals surface area contributed by atoms with Crippen molar-refractivity contribution < 1.29 is 13.5 Å². The third-order valence-corrected chi connectivity index (χ3v) is 4.99. The van der Waals surface area contributed by atoms with Crippen LogP contribution in [0.15, 0.2) is 23.2 Å². The van der Waals surface area contributed by atoms with Crippen LogP contribution in [0.5, 0.6) is 0 Å². The predicted molar refractivity (Wildman–Crippen MR) is 67.7 cm³/mol. The van der Waals surface area contributed by atoms with Crippen molar-refractivity contribution in [3.8, 4) is 0 Å². The first kappa shape index (κ1) is 13.3. The monoisotopic (exact) mass is 271 g/mol. The van der Waals surface area contributed by atoms with Crippen molar-refractivity contribution in [3.63, 3.8) is 0 Å². The van der Waals surface area contributed by atoms with Gasteiger partial charge in [0.05, 0.1) is 4.90 Å². The van der Waals surface area contributed by atoms with Crippen LogP contribution in [0.1, 0.15) is 6.42 Å². The van der Waals surface area contributed by atoms with Crippen LogP contribution in [0.25, 0.3) is 0 Å². The van der Waals surface area contributed by atoms with Gasteiger partial charge < -0.3 is 10.4 Å². The maximum Gasteiger partial charge on any atom is 0.243 e. The van der Waals surface area contributed by atoms with Gasteiger partial charge in [0.15, 0.2) is 0 Å². The highest BCUT2D eigenvalue weighted by Gasteiger charge is 2.32. The smallest absolute Gasteiger partial charge is 0.243 e. The molecule has 0 amide bonds. The zero-order valence-corrected chi connectivity index (χ0v) is 11.0. The lowest BCUT2D eigenvalue weighted by molar-refractivity contribution is 0.233. The number of nitrogens with one attached hydrogen (secondary N) is 1. The minimum absolute atomic E-state index is 0.0319. The van der Waals surface area contributed by atoms with Gasteiger partial charge in [-0.1, -0.05) is 0 Å². The van der Waals surface area contributed by atoms with Gasteiger partial charge in [0.25, 0.3) is 0 Å². The Balaban J connectivity index is 2.25. The topological polar surface area (TPSA) is 82.5 Å². The van der Waals surface area contributed by atoms with Crippen molar-refractivity contribution in [2.45, 2.75) is 11.3 Å². The van der Waals surface area contributed by atoms with Gasteiger partial charge in [-0.25, -0.2) is 13.4 Å². The molecule has 1 saturated heterocycles. The van der Waals surface area contributed by atoms with Gasteiger partial charge >= 0.3 is 0 Å². The summed E-state index contributed by atoms with van der Waals surface area (Å²) in [7, 11) is -1.78. The summed E-state index contributed by atoms with van der Waals surface area (Å²) in [4.78, 5) is 4.23. The fourth-order valence-electron chi connectivity index (χ4n) is 2.02. The van der Waals surface area contributed by atoms with Crippen LogP contribution in [-0.2, 0) is 10.0 Å². The molecule has 1 aliphatic rings. The number of hydrogen-bond acceptors (Lipinski definition) is 5.